The molecule has 3 rings (SSSR count). The van der Waals surface area contributed by atoms with Crippen molar-refractivity contribution in [2.24, 2.45) is 5.92 Å². The Morgan fingerprint density at radius 2 is 1.70 bits per heavy atom. The highest BCUT2D eigenvalue weighted by molar-refractivity contribution is 6.09. The van der Waals surface area contributed by atoms with Gasteiger partial charge in [-0.1, -0.05) is 39.2 Å². The second-order valence-corrected chi connectivity index (χ2v) is 9.19. The quantitative estimate of drug-likeness (QED) is 0.566. The molecule has 1 aliphatic carbocycles. The number of urea groups is 1. The molecule has 1 heterocycles. The minimum Gasteiger partial charge on any atom is -0.490 e. The molecule has 0 radical (unpaired) electrons. The molecule has 1 aromatic carbocycles. The first kappa shape index (κ1) is 24.9. The summed E-state index contributed by atoms with van der Waals surface area (Å²) in [5.41, 5.74) is 0.0966. The summed E-state index contributed by atoms with van der Waals surface area (Å²) in [5.74, 6) is 0.765. The largest absolute Gasteiger partial charge is 0.490 e. The van der Waals surface area contributed by atoms with E-state index in [-0.39, 0.29) is 30.3 Å². The Hall–Kier alpha value is -2.77. The summed E-state index contributed by atoms with van der Waals surface area (Å²) in [6.07, 6.45) is 4.22. The average Bonchev–Trinajstić information content (AvgIpc) is 2.95. The van der Waals surface area contributed by atoms with Gasteiger partial charge in [-0.2, -0.15) is 0 Å². The van der Waals surface area contributed by atoms with Crippen LogP contribution in [0.2, 0.25) is 0 Å². The van der Waals surface area contributed by atoms with E-state index in [0.717, 1.165) is 29.7 Å². The molecule has 1 unspecified atom stereocenters. The average molecular weight is 460 g/mol. The Balaban J connectivity index is 1.75. The van der Waals surface area contributed by atoms with Crippen LogP contribution in [-0.2, 0) is 9.59 Å². The van der Waals surface area contributed by atoms with E-state index in [4.69, 9.17) is 9.47 Å². The number of hydrogen-bond acceptors (Lipinski definition) is 5. The molecule has 33 heavy (non-hydrogen) atoms. The minimum atomic E-state index is -0.783. The Labute approximate surface area is 196 Å². The molecule has 182 valence electrons. The van der Waals surface area contributed by atoms with Gasteiger partial charge in [-0.3, -0.25) is 14.5 Å². The molecule has 8 nitrogen and oxygen atoms in total. The van der Waals surface area contributed by atoms with Crippen molar-refractivity contribution in [2.45, 2.75) is 71.4 Å². The summed E-state index contributed by atoms with van der Waals surface area (Å²) in [6.45, 7) is 8.59. The monoisotopic (exact) mass is 459 g/mol. The van der Waals surface area contributed by atoms with Gasteiger partial charge in [0.1, 0.15) is 12.1 Å². The summed E-state index contributed by atoms with van der Waals surface area (Å²) < 4.78 is 11.4. The third-order valence-electron chi connectivity index (χ3n) is 6.70. The number of rotatable bonds is 9. The molecule has 1 spiro atoms. The van der Waals surface area contributed by atoms with Gasteiger partial charge in [0.15, 0.2) is 11.5 Å². The molecule has 1 atom stereocenters. The Bertz CT molecular complexity index is 879. The van der Waals surface area contributed by atoms with Crippen molar-refractivity contribution in [3.63, 3.8) is 0 Å². The smallest absolute Gasteiger partial charge is 0.327 e. The minimum absolute atomic E-state index is 0.0821. The molecule has 2 aliphatic rings. The zero-order chi connectivity index (χ0) is 24.2. The fourth-order valence-electron chi connectivity index (χ4n) is 4.93. The highest BCUT2D eigenvalue weighted by atomic mass is 16.5. The lowest BCUT2D eigenvalue weighted by Gasteiger charge is -2.35. The van der Waals surface area contributed by atoms with E-state index in [9.17, 15) is 14.4 Å². The third-order valence-corrected chi connectivity index (χ3v) is 6.70. The summed E-state index contributed by atoms with van der Waals surface area (Å²) in [5, 5.41) is 3.03. The maximum atomic E-state index is 13.2. The van der Waals surface area contributed by atoms with Crippen LogP contribution in [0.4, 0.5) is 4.79 Å². The van der Waals surface area contributed by atoms with Gasteiger partial charge in [-0.15, -0.1) is 0 Å². The van der Waals surface area contributed by atoms with Crippen molar-refractivity contribution in [3.05, 3.63) is 23.8 Å². The van der Waals surface area contributed by atoms with Gasteiger partial charge in [-0.05, 0) is 50.3 Å². The SMILES string of the molecule is CCOc1ccc(C(NC(=O)CN2C(=O)N(C)C3(CCCCC3)C2=O)C(C)C)cc1OCC. The second-order valence-electron chi connectivity index (χ2n) is 9.19. The fourth-order valence-corrected chi connectivity index (χ4v) is 4.93. The highest BCUT2D eigenvalue weighted by Gasteiger charge is 2.55. The van der Waals surface area contributed by atoms with E-state index >= 15 is 0 Å². The van der Waals surface area contributed by atoms with Crippen LogP contribution in [0.3, 0.4) is 0 Å². The number of carbonyl (C=O) groups is 3. The molecular weight excluding hydrogens is 422 g/mol. The van der Waals surface area contributed by atoms with Gasteiger partial charge in [-0.25, -0.2) is 4.79 Å². The van der Waals surface area contributed by atoms with E-state index < -0.39 is 11.6 Å². The Morgan fingerprint density at radius 1 is 1.06 bits per heavy atom. The van der Waals surface area contributed by atoms with Crippen molar-refractivity contribution in [1.82, 2.24) is 15.1 Å². The van der Waals surface area contributed by atoms with Crippen LogP contribution in [0.15, 0.2) is 18.2 Å². The predicted octanol–water partition coefficient (Wildman–Crippen LogP) is 3.89. The number of benzene rings is 1. The molecule has 8 heteroatoms. The van der Waals surface area contributed by atoms with Gasteiger partial charge in [0.25, 0.3) is 5.91 Å². The molecule has 1 aliphatic heterocycles. The number of nitrogens with zero attached hydrogens (tertiary/aromatic N) is 2. The maximum Gasteiger partial charge on any atom is 0.327 e. The standard InChI is InChI=1S/C25H37N3O5/c1-6-32-19-12-11-18(15-20(19)33-7-2)22(17(3)4)26-21(29)16-28-23(30)25(27(5)24(28)31)13-9-8-10-14-25/h11-12,15,17,22H,6-10,13-14,16H2,1-5H3,(H,26,29). The number of nitrogens with one attached hydrogen (secondary N) is 1. The van der Waals surface area contributed by atoms with E-state index in [1.54, 1.807) is 11.9 Å². The van der Waals surface area contributed by atoms with Crippen LogP contribution in [0.5, 0.6) is 11.5 Å². The third kappa shape index (κ3) is 4.94. The predicted molar refractivity (Wildman–Crippen MR) is 125 cm³/mol. The molecule has 4 amide bonds. The molecule has 0 aromatic heterocycles. The lowest BCUT2D eigenvalue weighted by atomic mass is 9.81. The zero-order valence-electron chi connectivity index (χ0n) is 20.5. The summed E-state index contributed by atoms with van der Waals surface area (Å²) in [4.78, 5) is 41.7. The van der Waals surface area contributed by atoms with Crippen molar-refractivity contribution in [1.29, 1.82) is 0 Å². The first-order valence-electron chi connectivity index (χ1n) is 12.0. The lowest BCUT2D eigenvalue weighted by molar-refractivity contribution is -0.137. The fraction of sp³-hybridized carbons (Fsp3) is 0.640. The van der Waals surface area contributed by atoms with E-state index in [2.05, 4.69) is 5.32 Å². The Morgan fingerprint density at radius 3 is 2.30 bits per heavy atom. The van der Waals surface area contributed by atoms with E-state index in [1.807, 2.05) is 45.9 Å². The van der Waals surface area contributed by atoms with Crippen molar-refractivity contribution < 1.29 is 23.9 Å². The number of amides is 4. The van der Waals surface area contributed by atoms with Gasteiger partial charge < -0.3 is 19.7 Å². The van der Waals surface area contributed by atoms with Crippen LogP contribution in [0, 0.1) is 5.92 Å². The van der Waals surface area contributed by atoms with Crippen molar-refractivity contribution in [2.75, 3.05) is 26.8 Å². The number of imide groups is 1. The summed E-state index contributed by atoms with van der Waals surface area (Å²) in [6, 6.07) is 4.95. The van der Waals surface area contributed by atoms with Crippen LogP contribution in [-0.4, -0.2) is 60.0 Å². The first-order chi connectivity index (χ1) is 15.7. The summed E-state index contributed by atoms with van der Waals surface area (Å²) in [7, 11) is 1.68. The van der Waals surface area contributed by atoms with Crippen molar-refractivity contribution in [3.8, 4) is 11.5 Å². The number of likely N-dealkylation sites (N-methyl/N-ethyl adjacent to an activating group) is 1. The lowest BCUT2D eigenvalue weighted by Crippen LogP contribution is -2.49. The second kappa shape index (κ2) is 10.4. The molecule has 2 fully saturated rings. The first-order valence-corrected chi connectivity index (χ1v) is 12.0. The number of carbonyl (C=O) groups excluding carboxylic acids is 3. The molecule has 1 N–H and O–H groups in total. The number of hydrogen-bond donors (Lipinski definition) is 1. The molecular formula is C25H37N3O5. The molecule has 1 aromatic rings. The topological polar surface area (TPSA) is 88.2 Å². The molecule has 0 bridgehead atoms. The van der Waals surface area contributed by atoms with Crippen LogP contribution in [0.1, 0.15) is 71.4 Å². The van der Waals surface area contributed by atoms with Gasteiger partial charge >= 0.3 is 6.03 Å². The normalized spacial score (nSPS) is 18.7. The van der Waals surface area contributed by atoms with Gasteiger partial charge in [0, 0.05) is 7.05 Å². The van der Waals surface area contributed by atoms with Crippen LogP contribution < -0.4 is 14.8 Å². The summed E-state index contributed by atoms with van der Waals surface area (Å²) >= 11 is 0. The van der Waals surface area contributed by atoms with Crippen LogP contribution in [0.25, 0.3) is 0 Å². The maximum absolute atomic E-state index is 13.2. The van der Waals surface area contributed by atoms with Gasteiger partial charge in [0.2, 0.25) is 5.91 Å². The van der Waals surface area contributed by atoms with E-state index in [0.29, 0.717) is 37.6 Å². The molecule has 1 saturated carbocycles. The van der Waals surface area contributed by atoms with Crippen molar-refractivity contribution >= 4 is 17.8 Å². The molecule has 1 saturated heterocycles. The number of ether oxygens (including phenoxy) is 2. The highest BCUT2D eigenvalue weighted by Crippen LogP contribution is 2.39. The van der Waals surface area contributed by atoms with E-state index in [1.165, 1.54) is 0 Å². The zero-order valence-corrected chi connectivity index (χ0v) is 20.5. The van der Waals surface area contributed by atoms with Crippen LogP contribution >= 0.6 is 0 Å². The Kier molecular flexibility index (Phi) is 7.87. The van der Waals surface area contributed by atoms with Gasteiger partial charge in [0.05, 0.1) is 19.3 Å².